The van der Waals surface area contributed by atoms with E-state index in [0.29, 0.717) is 17.0 Å². The number of hydrogen-bond donors (Lipinski definition) is 3. The van der Waals surface area contributed by atoms with Gasteiger partial charge in [0, 0.05) is 19.5 Å². The zero-order chi connectivity index (χ0) is 20.6. The van der Waals surface area contributed by atoms with Crippen LogP contribution in [0.1, 0.15) is 31.9 Å². The van der Waals surface area contributed by atoms with Gasteiger partial charge in [0.05, 0.1) is 19.0 Å². The molecule has 0 amide bonds. The van der Waals surface area contributed by atoms with Crippen LogP contribution in [0.5, 0.6) is 0 Å². The summed E-state index contributed by atoms with van der Waals surface area (Å²) in [4.78, 5) is 33.0. The van der Waals surface area contributed by atoms with Gasteiger partial charge in [-0.25, -0.2) is 4.98 Å². The van der Waals surface area contributed by atoms with E-state index < -0.39 is 32.4 Å². The predicted molar refractivity (Wildman–Crippen MR) is 104 cm³/mol. The van der Waals surface area contributed by atoms with Crippen molar-refractivity contribution in [1.29, 1.82) is 0 Å². The van der Waals surface area contributed by atoms with E-state index in [1.54, 1.807) is 4.57 Å². The lowest BCUT2D eigenvalue weighted by atomic mass is 10.1. The molecule has 4 heterocycles. The Bertz CT molecular complexity index is 917. The largest absolute Gasteiger partial charge is 0.388 e. The van der Waals surface area contributed by atoms with Crippen LogP contribution in [-0.2, 0) is 14.0 Å². The molecule has 0 saturated carbocycles. The Morgan fingerprint density at radius 1 is 1.28 bits per heavy atom. The van der Waals surface area contributed by atoms with Crippen molar-refractivity contribution in [2.45, 2.75) is 44.1 Å². The molecule has 0 spiro atoms. The smallest absolute Gasteiger partial charge is 0.350 e. The predicted octanol–water partition coefficient (Wildman–Crippen LogP) is 1.27. The number of aliphatic hydroxyl groups is 1. The third kappa shape index (κ3) is 4.72. The summed E-state index contributed by atoms with van der Waals surface area (Å²) in [6, 6.07) is 0. The molecule has 2 fully saturated rings. The minimum Gasteiger partial charge on any atom is -0.388 e. The summed E-state index contributed by atoms with van der Waals surface area (Å²) in [5.41, 5.74) is 1.06. The molecule has 4 rings (SSSR count). The highest BCUT2D eigenvalue weighted by Gasteiger charge is 2.37. The first-order valence-corrected chi connectivity index (χ1v) is 11.6. The van der Waals surface area contributed by atoms with Gasteiger partial charge in [0.1, 0.15) is 12.5 Å². The van der Waals surface area contributed by atoms with Gasteiger partial charge in [-0.15, -0.1) is 0 Å². The molecule has 2 aromatic heterocycles. The SMILES string of the molecule is O=P(O)(O)COC[C@@H]1C[C@@H](O)C(n2cnc3c(N4CCCCC4)nc(Cl)nc32)O1. The Kier molecular flexibility index (Phi) is 6.08. The summed E-state index contributed by atoms with van der Waals surface area (Å²) < 4.78 is 23.4. The topological polar surface area (TPSA) is 143 Å². The summed E-state index contributed by atoms with van der Waals surface area (Å²) in [7, 11) is -4.25. The number of imidazole rings is 1. The standard InChI is InChI=1S/C16H23ClN5O6P/c17-16-19-13(21-4-2-1-3-5-21)12-14(20-16)22(8-18-12)15-11(23)6-10(28-15)7-27-9-29(24,25)26/h8,10-11,15,23H,1-7,9H2,(H2,24,25,26)/t10-,11+,15?/m0/s1. The molecule has 13 heteroatoms. The molecule has 11 nitrogen and oxygen atoms in total. The van der Waals surface area contributed by atoms with Crippen molar-refractivity contribution in [3.05, 3.63) is 11.6 Å². The van der Waals surface area contributed by atoms with E-state index in [4.69, 9.17) is 30.9 Å². The lowest BCUT2D eigenvalue weighted by Gasteiger charge is -2.27. The van der Waals surface area contributed by atoms with Crippen molar-refractivity contribution in [1.82, 2.24) is 19.5 Å². The zero-order valence-electron chi connectivity index (χ0n) is 15.6. The van der Waals surface area contributed by atoms with Gasteiger partial charge in [-0.2, -0.15) is 9.97 Å². The van der Waals surface area contributed by atoms with E-state index in [0.717, 1.165) is 25.9 Å². The minimum atomic E-state index is -4.25. The van der Waals surface area contributed by atoms with Gasteiger partial charge in [0.2, 0.25) is 5.28 Å². The lowest BCUT2D eigenvalue weighted by molar-refractivity contribution is -0.0567. The fourth-order valence-electron chi connectivity index (χ4n) is 3.78. The molecule has 2 saturated heterocycles. The van der Waals surface area contributed by atoms with Gasteiger partial charge in [0.15, 0.2) is 23.2 Å². The van der Waals surface area contributed by atoms with Crippen LogP contribution in [0.25, 0.3) is 11.2 Å². The maximum Gasteiger partial charge on any atom is 0.350 e. The van der Waals surface area contributed by atoms with E-state index in [9.17, 15) is 9.67 Å². The van der Waals surface area contributed by atoms with Crippen LogP contribution < -0.4 is 4.90 Å². The molecule has 0 aromatic carbocycles. The number of ether oxygens (including phenoxy) is 2. The molecular weight excluding hydrogens is 425 g/mol. The average molecular weight is 448 g/mol. The second-order valence-electron chi connectivity index (χ2n) is 7.30. The first kappa shape index (κ1) is 20.9. The molecule has 1 unspecified atom stereocenters. The second-order valence-corrected chi connectivity index (χ2v) is 9.23. The summed E-state index contributed by atoms with van der Waals surface area (Å²) in [6.07, 6.45) is 2.29. The summed E-state index contributed by atoms with van der Waals surface area (Å²) in [5, 5.41) is 10.6. The van der Waals surface area contributed by atoms with Gasteiger partial charge in [0.25, 0.3) is 0 Å². The maximum atomic E-state index is 10.9. The fourth-order valence-corrected chi connectivity index (χ4v) is 4.28. The maximum absolute atomic E-state index is 10.9. The van der Waals surface area contributed by atoms with Crippen LogP contribution in [0, 0.1) is 0 Å². The quantitative estimate of drug-likeness (QED) is 0.437. The Labute approximate surface area is 171 Å². The summed E-state index contributed by atoms with van der Waals surface area (Å²) in [6.45, 7) is 1.70. The molecule has 2 aliphatic heterocycles. The monoisotopic (exact) mass is 447 g/mol. The minimum absolute atomic E-state index is 0.0416. The van der Waals surface area contributed by atoms with Crippen molar-refractivity contribution in [3.63, 3.8) is 0 Å². The Morgan fingerprint density at radius 2 is 2.03 bits per heavy atom. The van der Waals surface area contributed by atoms with Crippen LogP contribution in [0.2, 0.25) is 5.28 Å². The number of aliphatic hydroxyl groups excluding tert-OH is 1. The number of anilines is 1. The normalized spacial score (nSPS) is 25.8. The first-order chi connectivity index (χ1) is 13.8. The fraction of sp³-hybridized carbons (Fsp3) is 0.688. The number of rotatable bonds is 6. The number of hydrogen-bond acceptors (Lipinski definition) is 8. The van der Waals surface area contributed by atoms with E-state index in [1.165, 1.54) is 12.7 Å². The van der Waals surface area contributed by atoms with Gasteiger partial charge in [-0.3, -0.25) is 9.13 Å². The van der Waals surface area contributed by atoms with Crippen molar-refractivity contribution < 1.29 is 28.9 Å². The molecule has 2 aromatic rings. The van der Waals surface area contributed by atoms with E-state index in [1.807, 2.05) is 0 Å². The highest BCUT2D eigenvalue weighted by atomic mass is 35.5. The first-order valence-electron chi connectivity index (χ1n) is 9.43. The molecule has 3 N–H and O–H groups in total. The van der Waals surface area contributed by atoms with Crippen LogP contribution in [0.4, 0.5) is 5.82 Å². The highest BCUT2D eigenvalue weighted by Crippen LogP contribution is 2.36. The van der Waals surface area contributed by atoms with Crippen LogP contribution >= 0.6 is 19.2 Å². The molecular formula is C16H23ClN5O6P. The molecule has 29 heavy (non-hydrogen) atoms. The highest BCUT2D eigenvalue weighted by molar-refractivity contribution is 7.51. The molecule has 0 bridgehead atoms. The van der Waals surface area contributed by atoms with Gasteiger partial charge in [-0.1, -0.05) is 0 Å². The van der Waals surface area contributed by atoms with Crippen molar-refractivity contribution >= 4 is 36.2 Å². The number of fused-ring (bicyclic) bond motifs is 1. The van der Waals surface area contributed by atoms with Crippen LogP contribution in [0.15, 0.2) is 6.33 Å². The zero-order valence-corrected chi connectivity index (χ0v) is 17.2. The number of aromatic nitrogens is 4. The number of halogens is 1. The van der Waals surface area contributed by atoms with Crippen molar-refractivity contribution in [2.24, 2.45) is 0 Å². The molecule has 0 aliphatic carbocycles. The van der Waals surface area contributed by atoms with Gasteiger partial charge >= 0.3 is 7.60 Å². The summed E-state index contributed by atoms with van der Waals surface area (Å²) >= 11 is 6.17. The lowest BCUT2D eigenvalue weighted by Crippen LogP contribution is -2.30. The molecule has 2 aliphatic rings. The average Bonchev–Trinajstić information content (AvgIpc) is 3.23. The van der Waals surface area contributed by atoms with Crippen LogP contribution in [0.3, 0.4) is 0 Å². The number of nitrogens with zero attached hydrogens (tertiary/aromatic N) is 5. The van der Waals surface area contributed by atoms with Gasteiger partial charge < -0.3 is 29.3 Å². The third-order valence-corrected chi connectivity index (χ3v) is 5.72. The van der Waals surface area contributed by atoms with Crippen LogP contribution in [-0.4, -0.2) is 72.7 Å². The van der Waals surface area contributed by atoms with Crippen molar-refractivity contribution in [3.8, 4) is 0 Å². The summed E-state index contributed by atoms with van der Waals surface area (Å²) in [5.74, 6) is 0.674. The Morgan fingerprint density at radius 3 is 2.76 bits per heavy atom. The second kappa shape index (κ2) is 8.43. The van der Waals surface area contributed by atoms with Gasteiger partial charge in [-0.05, 0) is 30.9 Å². The van der Waals surface area contributed by atoms with E-state index in [-0.39, 0.29) is 18.3 Å². The molecule has 3 atom stereocenters. The van der Waals surface area contributed by atoms with E-state index >= 15 is 0 Å². The van der Waals surface area contributed by atoms with E-state index in [2.05, 4.69) is 19.9 Å². The Balaban J connectivity index is 1.55. The van der Waals surface area contributed by atoms with Crippen molar-refractivity contribution in [2.75, 3.05) is 30.9 Å². The Hall–Kier alpha value is -1.33. The molecule has 160 valence electrons. The number of piperidine rings is 1. The third-order valence-electron chi connectivity index (χ3n) is 5.03. The molecule has 0 radical (unpaired) electrons.